The summed E-state index contributed by atoms with van der Waals surface area (Å²) in [4.78, 5) is 31.3. The Labute approximate surface area is 134 Å². The molecule has 0 saturated carbocycles. The lowest BCUT2D eigenvalue weighted by atomic mass is 10.2. The molecule has 0 unspecified atom stereocenters. The number of ether oxygens (including phenoxy) is 1. The van der Waals surface area contributed by atoms with Gasteiger partial charge in [-0.1, -0.05) is 12.1 Å². The van der Waals surface area contributed by atoms with E-state index in [1.165, 1.54) is 23.5 Å². The Morgan fingerprint density at radius 2 is 2.09 bits per heavy atom. The van der Waals surface area contributed by atoms with Crippen LogP contribution in [0.2, 0.25) is 0 Å². The fourth-order valence-corrected chi connectivity index (χ4v) is 3.29. The number of benzene rings is 1. The maximum atomic E-state index is 12.2. The number of hydrogen-bond acceptors (Lipinski definition) is 6. The van der Waals surface area contributed by atoms with Gasteiger partial charge in [0.2, 0.25) is 0 Å². The monoisotopic (exact) mass is 331 g/mol. The van der Waals surface area contributed by atoms with Gasteiger partial charge in [-0.15, -0.1) is 11.3 Å². The van der Waals surface area contributed by atoms with Crippen molar-refractivity contribution < 1.29 is 9.66 Å². The molecule has 0 aliphatic carbocycles. The van der Waals surface area contributed by atoms with Gasteiger partial charge in [-0.3, -0.25) is 14.9 Å². The van der Waals surface area contributed by atoms with Crippen molar-refractivity contribution in [3.63, 3.8) is 0 Å². The molecular weight excluding hydrogens is 318 g/mol. The number of aryl methyl sites for hydroxylation is 2. The van der Waals surface area contributed by atoms with E-state index in [1.807, 2.05) is 13.8 Å². The van der Waals surface area contributed by atoms with Gasteiger partial charge < -0.3 is 9.72 Å². The van der Waals surface area contributed by atoms with Crippen molar-refractivity contribution in [2.24, 2.45) is 0 Å². The Bertz CT molecular complexity index is 961. The SMILES string of the molecule is Cc1sc2nc(COc3ccccc3[N+](=O)[O-])[nH]c(=O)c2c1C. The van der Waals surface area contributed by atoms with E-state index in [-0.39, 0.29) is 23.6 Å². The van der Waals surface area contributed by atoms with Crippen LogP contribution >= 0.6 is 11.3 Å². The topological polar surface area (TPSA) is 98.1 Å². The van der Waals surface area contributed by atoms with Gasteiger partial charge in [0.15, 0.2) is 5.75 Å². The zero-order valence-corrected chi connectivity index (χ0v) is 13.3. The standard InChI is InChI=1S/C15H13N3O4S/c1-8-9(2)23-15-13(8)14(19)16-12(17-15)7-22-11-6-4-3-5-10(11)18(20)21/h3-6H,7H2,1-2H3,(H,16,17,19). The fraction of sp³-hybridized carbons (Fsp3) is 0.200. The third kappa shape index (κ3) is 2.80. The molecule has 7 nitrogen and oxygen atoms in total. The van der Waals surface area contributed by atoms with Gasteiger partial charge in [0.1, 0.15) is 17.3 Å². The highest BCUT2D eigenvalue weighted by molar-refractivity contribution is 7.18. The zero-order valence-electron chi connectivity index (χ0n) is 12.5. The lowest BCUT2D eigenvalue weighted by Gasteiger charge is -2.06. The summed E-state index contributed by atoms with van der Waals surface area (Å²) in [5.74, 6) is 0.473. The largest absolute Gasteiger partial charge is 0.479 e. The van der Waals surface area contributed by atoms with Crippen LogP contribution in [0.3, 0.4) is 0 Å². The van der Waals surface area contributed by atoms with Gasteiger partial charge in [-0.25, -0.2) is 4.98 Å². The summed E-state index contributed by atoms with van der Waals surface area (Å²) in [7, 11) is 0. The van der Waals surface area contributed by atoms with E-state index in [1.54, 1.807) is 12.1 Å². The average molecular weight is 331 g/mol. The van der Waals surface area contributed by atoms with Crippen molar-refractivity contribution in [2.75, 3.05) is 0 Å². The van der Waals surface area contributed by atoms with Gasteiger partial charge in [0.25, 0.3) is 5.56 Å². The van der Waals surface area contributed by atoms with Crippen LogP contribution in [0.4, 0.5) is 5.69 Å². The number of nitro benzene ring substituents is 1. The Kier molecular flexibility index (Phi) is 3.83. The molecule has 1 N–H and O–H groups in total. The molecule has 0 bridgehead atoms. The number of fused-ring (bicyclic) bond motifs is 1. The van der Waals surface area contributed by atoms with Crippen LogP contribution in [0.1, 0.15) is 16.3 Å². The number of hydrogen-bond donors (Lipinski definition) is 1. The van der Waals surface area contributed by atoms with E-state index in [4.69, 9.17) is 4.74 Å². The number of aromatic nitrogens is 2. The van der Waals surface area contributed by atoms with Crippen LogP contribution in [0.25, 0.3) is 10.2 Å². The lowest BCUT2D eigenvalue weighted by Crippen LogP contribution is -2.13. The number of thiophene rings is 1. The van der Waals surface area contributed by atoms with Gasteiger partial charge in [0.05, 0.1) is 10.3 Å². The first-order valence-corrected chi connectivity index (χ1v) is 7.64. The van der Waals surface area contributed by atoms with Crippen molar-refractivity contribution in [1.29, 1.82) is 0 Å². The van der Waals surface area contributed by atoms with Gasteiger partial charge in [-0.05, 0) is 25.5 Å². The quantitative estimate of drug-likeness (QED) is 0.585. The third-order valence-electron chi connectivity index (χ3n) is 3.51. The summed E-state index contributed by atoms with van der Waals surface area (Å²) in [6.45, 7) is 3.77. The van der Waals surface area contributed by atoms with Gasteiger partial charge in [0, 0.05) is 10.9 Å². The van der Waals surface area contributed by atoms with Crippen molar-refractivity contribution in [1.82, 2.24) is 9.97 Å². The van der Waals surface area contributed by atoms with E-state index in [0.29, 0.717) is 16.0 Å². The van der Waals surface area contributed by atoms with Crippen molar-refractivity contribution in [2.45, 2.75) is 20.5 Å². The molecule has 118 valence electrons. The van der Waals surface area contributed by atoms with E-state index in [0.717, 1.165) is 10.4 Å². The minimum absolute atomic E-state index is 0.0496. The minimum atomic E-state index is -0.513. The molecular formula is C15H13N3O4S. The van der Waals surface area contributed by atoms with Crippen LogP contribution in [-0.2, 0) is 6.61 Å². The van der Waals surface area contributed by atoms with E-state index in [9.17, 15) is 14.9 Å². The van der Waals surface area contributed by atoms with Gasteiger partial charge in [-0.2, -0.15) is 0 Å². The Balaban J connectivity index is 1.91. The first kappa shape index (κ1) is 15.2. The molecule has 1 aromatic carbocycles. The number of nitrogens with zero attached hydrogens (tertiary/aromatic N) is 2. The number of nitrogens with one attached hydrogen (secondary N) is 1. The Morgan fingerprint density at radius 3 is 2.83 bits per heavy atom. The molecule has 0 amide bonds. The predicted octanol–water partition coefficient (Wildman–Crippen LogP) is 3.09. The predicted molar refractivity (Wildman–Crippen MR) is 87.1 cm³/mol. The molecule has 0 aliphatic heterocycles. The van der Waals surface area contributed by atoms with Crippen LogP contribution < -0.4 is 10.3 Å². The highest BCUT2D eigenvalue weighted by Crippen LogP contribution is 2.27. The number of aromatic amines is 1. The summed E-state index contributed by atoms with van der Waals surface area (Å²) >= 11 is 1.44. The fourth-order valence-electron chi connectivity index (χ4n) is 2.24. The maximum absolute atomic E-state index is 12.2. The number of para-hydroxylation sites is 2. The summed E-state index contributed by atoms with van der Waals surface area (Å²) < 4.78 is 5.46. The highest BCUT2D eigenvalue weighted by atomic mass is 32.1. The smallest absolute Gasteiger partial charge is 0.310 e. The molecule has 2 aromatic heterocycles. The van der Waals surface area contributed by atoms with Crippen LogP contribution in [0, 0.1) is 24.0 Å². The number of H-pyrrole nitrogens is 1. The maximum Gasteiger partial charge on any atom is 0.310 e. The second-order valence-electron chi connectivity index (χ2n) is 4.99. The van der Waals surface area contributed by atoms with Crippen LogP contribution in [0.15, 0.2) is 29.1 Å². The third-order valence-corrected chi connectivity index (χ3v) is 4.62. The van der Waals surface area contributed by atoms with Gasteiger partial charge >= 0.3 is 5.69 Å². The Morgan fingerprint density at radius 1 is 1.35 bits per heavy atom. The second kappa shape index (κ2) is 5.81. The molecule has 3 rings (SSSR count). The molecule has 0 aliphatic rings. The van der Waals surface area contributed by atoms with Crippen molar-refractivity contribution >= 4 is 27.2 Å². The van der Waals surface area contributed by atoms with E-state index in [2.05, 4.69) is 9.97 Å². The summed E-state index contributed by atoms with van der Waals surface area (Å²) in [6, 6.07) is 6.08. The molecule has 0 atom stereocenters. The Hall–Kier alpha value is -2.74. The van der Waals surface area contributed by atoms with Crippen LogP contribution in [-0.4, -0.2) is 14.9 Å². The number of rotatable bonds is 4. The first-order chi connectivity index (χ1) is 11.0. The van der Waals surface area contributed by atoms with Crippen molar-refractivity contribution in [3.05, 3.63) is 61.0 Å². The summed E-state index contributed by atoms with van der Waals surface area (Å²) in [5.41, 5.74) is 0.571. The number of nitro groups is 1. The molecule has 0 saturated heterocycles. The van der Waals surface area contributed by atoms with Crippen molar-refractivity contribution in [3.8, 4) is 5.75 Å². The molecule has 0 radical (unpaired) electrons. The molecule has 0 spiro atoms. The second-order valence-corrected chi connectivity index (χ2v) is 6.19. The molecule has 2 heterocycles. The van der Waals surface area contributed by atoms with E-state index < -0.39 is 4.92 Å². The zero-order chi connectivity index (χ0) is 16.6. The molecule has 23 heavy (non-hydrogen) atoms. The van der Waals surface area contributed by atoms with E-state index >= 15 is 0 Å². The molecule has 0 fully saturated rings. The summed E-state index contributed by atoms with van der Waals surface area (Å²) in [6.07, 6.45) is 0. The van der Waals surface area contributed by atoms with Crippen LogP contribution in [0.5, 0.6) is 5.75 Å². The normalized spacial score (nSPS) is 10.9. The lowest BCUT2D eigenvalue weighted by molar-refractivity contribution is -0.385. The highest BCUT2D eigenvalue weighted by Gasteiger charge is 2.15. The first-order valence-electron chi connectivity index (χ1n) is 6.82. The minimum Gasteiger partial charge on any atom is -0.479 e. The average Bonchev–Trinajstić information content (AvgIpc) is 2.80. The molecule has 8 heteroatoms. The molecule has 3 aromatic rings. The summed E-state index contributed by atoms with van der Waals surface area (Å²) in [5, 5.41) is 11.5.